The molecule has 0 aliphatic heterocycles. The molecule has 108 valence electrons. The van der Waals surface area contributed by atoms with Crippen molar-refractivity contribution >= 4 is 34.6 Å². The topological polar surface area (TPSA) is 41.1 Å². The van der Waals surface area contributed by atoms with Crippen LogP contribution in [0.15, 0.2) is 18.5 Å². The first-order valence-corrected chi connectivity index (χ1v) is 7.70. The molecule has 0 atom stereocenters. The number of anilines is 2. The molecular formula is C14H19ClN4S. The molecule has 0 aromatic carbocycles. The van der Waals surface area contributed by atoms with E-state index in [4.69, 9.17) is 11.6 Å². The van der Waals surface area contributed by atoms with E-state index in [0.717, 1.165) is 28.1 Å². The van der Waals surface area contributed by atoms with Crippen molar-refractivity contribution in [3.8, 4) is 0 Å². The highest BCUT2D eigenvalue weighted by Gasteiger charge is 2.17. The zero-order chi connectivity index (χ0) is 14.7. The molecule has 0 aliphatic rings. The van der Waals surface area contributed by atoms with E-state index in [-0.39, 0.29) is 0 Å². The van der Waals surface area contributed by atoms with Crippen LogP contribution in [-0.2, 0) is 6.54 Å². The average Bonchev–Trinajstić information content (AvgIpc) is 2.82. The first kappa shape index (κ1) is 15.1. The highest BCUT2D eigenvalue weighted by atomic mass is 35.5. The average molecular weight is 311 g/mol. The fraction of sp³-hybridized carbons (Fsp3) is 0.429. The number of nitrogens with one attached hydrogen (secondary N) is 1. The first-order chi connectivity index (χ1) is 9.52. The molecule has 0 aliphatic carbocycles. The van der Waals surface area contributed by atoms with E-state index in [2.05, 4.69) is 40.1 Å². The molecule has 0 spiro atoms. The Hall–Kier alpha value is -1.33. The first-order valence-electron chi connectivity index (χ1n) is 6.51. The summed E-state index contributed by atoms with van der Waals surface area (Å²) in [6, 6.07) is 3.98. The molecule has 0 saturated carbocycles. The monoisotopic (exact) mass is 310 g/mol. The summed E-state index contributed by atoms with van der Waals surface area (Å²) in [4.78, 5) is 12.1. The summed E-state index contributed by atoms with van der Waals surface area (Å²) < 4.78 is 0.816. The van der Waals surface area contributed by atoms with E-state index < -0.39 is 0 Å². The van der Waals surface area contributed by atoms with Gasteiger partial charge in [-0.15, -0.1) is 11.3 Å². The molecule has 2 aromatic heterocycles. The van der Waals surface area contributed by atoms with Crippen molar-refractivity contribution in [1.29, 1.82) is 0 Å². The van der Waals surface area contributed by atoms with Crippen molar-refractivity contribution in [3.05, 3.63) is 33.2 Å². The van der Waals surface area contributed by atoms with Crippen LogP contribution >= 0.6 is 22.9 Å². The van der Waals surface area contributed by atoms with Gasteiger partial charge in [0.25, 0.3) is 0 Å². The summed E-state index contributed by atoms with van der Waals surface area (Å²) in [5, 5.41) is 3.14. The third-order valence-corrected chi connectivity index (χ3v) is 4.28. The van der Waals surface area contributed by atoms with Crippen LogP contribution in [0.1, 0.15) is 30.2 Å². The van der Waals surface area contributed by atoms with Crippen LogP contribution in [0, 0.1) is 0 Å². The number of rotatable bonds is 5. The van der Waals surface area contributed by atoms with Gasteiger partial charge in [-0.2, -0.15) is 0 Å². The Morgan fingerprint density at radius 3 is 2.65 bits per heavy atom. The van der Waals surface area contributed by atoms with Crippen molar-refractivity contribution < 1.29 is 0 Å². The lowest BCUT2D eigenvalue weighted by Gasteiger charge is -2.23. The number of aromatic nitrogens is 2. The zero-order valence-corrected chi connectivity index (χ0v) is 13.7. The van der Waals surface area contributed by atoms with Gasteiger partial charge >= 0.3 is 0 Å². The molecule has 0 amide bonds. The van der Waals surface area contributed by atoms with Crippen molar-refractivity contribution in [3.63, 3.8) is 0 Å². The summed E-state index contributed by atoms with van der Waals surface area (Å²) >= 11 is 7.58. The van der Waals surface area contributed by atoms with Gasteiger partial charge in [0.05, 0.1) is 10.9 Å². The Balaban J connectivity index is 2.31. The lowest BCUT2D eigenvalue weighted by molar-refractivity contribution is 0.814. The maximum atomic E-state index is 5.98. The van der Waals surface area contributed by atoms with Gasteiger partial charge in [-0.3, -0.25) is 0 Å². The number of hydrogen-bond donors (Lipinski definition) is 1. The van der Waals surface area contributed by atoms with E-state index in [1.165, 1.54) is 4.88 Å². The lowest BCUT2D eigenvalue weighted by Crippen LogP contribution is -2.20. The van der Waals surface area contributed by atoms with Gasteiger partial charge in [0.2, 0.25) is 0 Å². The standard InChI is InChI=1S/C14H19ClN4S/c1-9(2)12-13(16-3)17-8-18-14(12)19(4)7-10-5-6-11(15)20-10/h5-6,8-9H,7H2,1-4H3,(H,16,17,18). The maximum Gasteiger partial charge on any atom is 0.137 e. The molecule has 6 heteroatoms. The second kappa shape index (κ2) is 6.41. The van der Waals surface area contributed by atoms with E-state index in [9.17, 15) is 0 Å². The summed E-state index contributed by atoms with van der Waals surface area (Å²) in [6.45, 7) is 5.09. The van der Waals surface area contributed by atoms with E-state index >= 15 is 0 Å². The summed E-state index contributed by atoms with van der Waals surface area (Å²) in [5.41, 5.74) is 1.14. The molecule has 2 heterocycles. The van der Waals surface area contributed by atoms with Crippen LogP contribution in [0.2, 0.25) is 4.34 Å². The van der Waals surface area contributed by atoms with Gasteiger partial charge in [-0.25, -0.2) is 9.97 Å². The third kappa shape index (κ3) is 3.22. The molecular weight excluding hydrogens is 292 g/mol. The van der Waals surface area contributed by atoms with Crippen LogP contribution < -0.4 is 10.2 Å². The van der Waals surface area contributed by atoms with Crippen LogP contribution in [0.25, 0.3) is 0 Å². The van der Waals surface area contributed by atoms with Gasteiger partial charge < -0.3 is 10.2 Å². The summed E-state index contributed by atoms with van der Waals surface area (Å²) in [5.74, 6) is 2.20. The molecule has 0 unspecified atom stereocenters. The second-order valence-corrected chi connectivity index (χ2v) is 6.73. The number of nitrogens with zero attached hydrogens (tertiary/aromatic N) is 3. The zero-order valence-electron chi connectivity index (χ0n) is 12.1. The summed E-state index contributed by atoms with van der Waals surface area (Å²) in [6.07, 6.45) is 1.60. The predicted molar refractivity (Wildman–Crippen MR) is 87.1 cm³/mol. The van der Waals surface area contributed by atoms with Crippen LogP contribution in [0.4, 0.5) is 11.6 Å². The van der Waals surface area contributed by atoms with E-state index in [0.29, 0.717) is 5.92 Å². The quantitative estimate of drug-likeness (QED) is 0.906. The minimum absolute atomic E-state index is 0.350. The van der Waals surface area contributed by atoms with E-state index in [1.54, 1.807) is 17.7 Å². The number of halogens is 1. The van der Waals surface area contributed by atoms with Gasteiger partial charge in [0, 0.05) is 24.5 Å². The Bertz CT molecular complexity index is 582. The van der Waals surface area contributed by atoms with Crippen molar-refractivity contribution in [1.82, 2.24) is 9.97 Å². The van der Waals surface area contributed by atoms with Crippen molar-refractivity contribution in [2.75, 3.05) is 24.3 Å². The number of thiophene rings is 1. The normalized spacial score (nSPS) is 10.9. The predicted octanol–water partition coefficient (Wildman–Crippen LogP) is 3.99. The largest absolute Gasteiger partial charge is 0.373 e. The van der Waals surface area contributed by atoms with Gasteiger partial charge in [0.15, 0.2) is 0 Å². The maximum absolute atomic E-state index is 5.98. The smallest absolute Gasteiger partial charge is 0.137 e. The molecule has 20 heavy (non-hydrogen) atoms. The van der Waals surface area contributed by atoms with Crippen LogP contribution in [0.5, 0.6) is 0 Å². The minimum atomic E-state index is 0.350. The molecule has 4 nitrogen and oxygen atoms in total. The van der Waals surface area contributed by atoms with Gasteiger partial charge in [-0.1, -0.05) is 25.4 Å². The second-order valence-electron chi connectivity index (χ2n) is 4.93. The molecule has 0 fully saturated rings. The van der Waals surface area contributed by atoms with Crippen LogP contribution in [0.3, 0.4) is 0 Å². The molecule has 0 saturated heterocycles. The Morgan fingerprint density at radius 1 is 1.35 bits per heavy atom. The Kier molecular flexibility index (Phi) is 4.83. The highest BCUT2D eigenvalue weighted by Crippen LogP contribution is 2.31. The Morgan fingerprint density at radius 2 is 2.10 bits per heavy atom. The number of hydrogen-bond acceptors (Lipinski definition) is 5. The highest BCUT2D eigenvalue weighted by molar-refractivity contribution is 7.16. The SMILES string of the molecule is CNc1ncnc(N(C)Cc2ccc(Cl)s2)c1C(C)C. The van der Waals surface area contributed by atoms with Crippen molar-refractivity contribution in [2.45, 2.75) is 26.3 Å². The molecule has 2 rings (SSSR count). The van der Waals surface area contributed by atoms with E-state index in [1.807, 2.05) is 20.2 Å². The molecule has 2 aromatic rings. The summed E-state index contributed by atoms with van der Waals surface area (Å²) in [7, 11) is 3.93. The van der Waals surface area contributed by atoms with Gasteiger partial charge in [0.1, 0.15) is 18.0 Å². The van der Waals surface area contributed by atoms with Gasteiger partial charge in [-0.05, 0) is 18.1 Å². The molecule has 0 bridgehead atoms. The lowest BCUT2D eigenvalue weighted by atomic mass is 10.0. The Labute approximate surface area is 128 Å². The fourth-order valence-corrected chi connectivity index (χ4v) is 3.31. The third-order valence-electron chi connectivity index (χ3n) is 3.06. The fourth-order valence-electron chi connectivity index (χ4n) is 2.17. The molecule has 0 radical (unpaired) electrons. The molecule has 1 N–H and O–H groups in total. The van der Waals surface area contributed by atoms with Crippen LogP contribution in [-0.4, -0.2) is 24.1 Å². The minimum Gasteiger partial charge on any atom is -0.373 e. The van der Waals surface area contributed by atoms with Crippen molar-refractivity contribution in [2.24, 2.45) is 0 Å².